The highest BCUT2D eigenvalue weighted by Gasteiger charge is 2.33. The van der Waals surface area contributed by atoms with Gasteiger partial charge >= 0.3 is 0 Å². The number of aromatic nitrogens is 1. The molecule has 1 aromatic heterocycles. The van der Waals surface area contributed by atoms with Crippen LogP contribution in [0.15, 0.2) is 24.4 Å². The van der Waals surface area contributed by atoms with Crippen LogP contribution in [0.3, 0.4) is 0 Å². The molecule has 1 aliphatic heterocycles. The van der Waals surface area contributed by atoms with Gasteiger partial charge in [0.1, 0.15) is 11.9 Å². The number of fused-ring (bicyclic) bond motifs is 1. The number of H-pyrrole nitrogens is 1. The summed E-state index contributed by atoms with van der Waals surface area (Å²) in [5, 5.41) is 0.845. The second-order valence-electron chi connectivity index (χ2n) is 5.01. The number of ketones is 1. The molecule has 0 spiro atoms. The highest BCUT2D eigenvalue weighted by Crippen LogP contribution is 2.32. The molecule has 2 atom stereocenters. The van der Waals surface area contributed by atoms with E-state index >= 15 is 0 Å². The molecule has 0 saturated carbocycles. The monoisotopic (exact) mass is 259 g/mol. The summed E-state index contributed by atoms with van der Waals surface area (Å²) in [5.41, 5.74) is 1.57. The highest BCUT2D eigenvalue weighted by molar-refractivity contribution is 6.12. The van der Waals surface area contributed by atoms with Crippen LogP contribution in [0.4, 0.5) is 0 Å². The van der Waals surface area contributed by atoms with Gasteiger partial charge in [0.15, 0.2) is 5.78 Å². The molecular formula is C15H17NO3. The fourth-order valence-electron chi connectivity index (χ4n) is 2.70. The van der Waals surface area contributed by atoms with Crippen LogP contribution in [0.5, 0.6) is 5.75 Å². The SMILES string of the molecule is COc1cccc2[nH]cc(C(=O)C3OCCC3C)c12. The summed E-state index contributed by atoms with van der Waals surface area (Å²) in [5.74, 6) is 1.03. The summed E-state index contributed by atoms with van der Waals surface area (Å²) >= 11 is 0. The maximum atomic E-state index is 12.6. The second kappa shape index (κ2) is 4.70. The van der Waals surface area contributed by atoms with Crippen LogP contribution in [0.25, 0.3) is 10.9 Å². The molecule has 0 aliphatic carbocycles. The third-order valence-corrected chi connectivity index (χ3v) is 3.80. The van der Waals surface area contributed by atoms with Gasteiger partial charge in [-0.15, -0.1) is 0 Å². The minimum absolute atomic E-state index is 0.0424. The van der Waals surface area contributed by atoms with Crippen molar-refractivity contribution in [2.45, 2.75) is 19.4 Å². The Bertz CT molecular complexity index is 617. The molecule has 4 nitrogen and oxygen atoms in total. The van der Waals surface area contributed by atoms with Crippen LogP contribution in [0.1, 0.15) is 23.7 Å². The third kappa shape index (κ3) is 1.92. The van der Waals surface area contributed by atoms with Crippen LogP contribution in [0.2, 0.25) is 0 Å². The standard InChI is InChI=1S/C15H17NO3/c1-9-6-7-19-15(9)14(17)10-8-16-11-4-3-5-12(18-2)13(10)11/h3-5,8-9,15-16H,6-7H2,1-2H3. The molecule has 0 radical (unpaired) electrons. The van der Waals surface area contributed by atoms with E-state index in [-0.39, 0.29) is 17.8 Å². The maximum absolute atomic E-state index is 12.6. The average molecular weight is 259 g/mol. The molecule has 100 valence electrons. The van der Waals surface area contributed by atoms with Gasteiger partial charge in [-0.1, -0.05) is 13.0 Å². The predicted octanol–water partition coefficient (Wildman–Crippen LogP) is 2.78. The lowest BCUT2D eigenvalue weighted by Crippen LogP contribution is -2.25. The molecule has 0 amide bonds. The molecule has 1 fully saturated rings. The van der Waals surface area contributed by atoms with Crippen LogP contribution >= 0.6 is 0 Å². The molecule has 1 aromatic carbocycles. The number of carbonyl (C=O) groups excluding carboxylic acids is 1. The summed E-state index contributed by atoms with van der Waals surface area (Å²) in [6.07, 6.45) is 2.36. The number of carbonyl (C=O) groups is 1. The minimum Gasteiger partial charge on any atom is -0.496 e. The first-order chi connectivity index (χ1) is 9.22. The van der Waals surface area contributed by atoms with E-state index in [1.54, 1.807) is 13.3 Å². The molecule has 2 heterocycles. The van der Waals surface area contributed by atoms with Gasteiger partial charge in [-0.05, 0) is 24.5 Å². The first-order valence-corrected chi connectivity index (χ1v) is 6.52. The van der Waals surface area contributed by atoms with Crippen LogP contribution in [0, 0.1) is 5.92 Å². The van der Waals surface area contributed by atoms with Crippen LogP contribution < -0.4 is 4.74 Å². The molecular weight excluding hydrogens is 242 g/mol. The molecule has 1 N–H and O–H groups in total. The molecule has 4 heteroatoms. The number of benzene rings is 1. The zero-order chi connectivity index (χ0) is 13.4. The molecule has 1 aliphatic rings. The Balaban J connectivity index is 2.07. The van der Waals surface area contributed by atoms with Crippen LogP contribution in [-0.4, -0.2) is 30.6 Å². The third-order valence-electron chi connectivity index (χ3n) is 3.80. The molecule has 3 rings (SSSR count). The van der Waals surface area contributed by atoms with E-state index in [9.17, 15) is 4.79 Å². The zero-order valence-electron chi connectivity index (χ0n) is 11.1. The first kappa shape index (κ1) is 12.2. The van der Waals surface area contributed by atoms with Crippen molar-refractivity contribution in [3.8, 4) is 5.75 Å². The van der Waals surface area contributed by atoms with Gasteiger partial charge in [-0.2, -0.15) is 0 Å². The van der Waals surface area contributed by atoms with Gasteiger partial charge < -0.3 is 14.5 Å². The van der Waals surface area contributed by atoms with Crippen molar-refractivity contribution in [2.75, 3.05) is 13.7 Å². The number of Topliss-reactive ketones (excluding diaryl/α,β-unsaturated/α-hetero) is 1. The lowest BCUT2D eigenvalue weighted by atomic mass is 9.96. The molecule has 2 unspecified atom stereocenters. The fraction of sp³-hybridized carbons (Fsp3) is 0.400. The van der Waals surface area contributed by atoms with Crippen molar-refractivity contribution in [1.29, 1.82) is 0 Å². The Labute approximate surface area is 111 Å². The van der Waals surface area contributed by atoms with Crippen molar-refractivity contribution < 1.29 is 14.3 Å². The Morgan fingerprint density at radius 1 is 1.47 bits per heavy atom. The van der Waals surface area contributed by atoms with E-state index in [2.05, 4.69) is 11.9 Å². The lowest BCUT2D eigenvalue weighted by molar-refractivity contribution is 0.0581. The van der Waals surface area contributed by atoms with Gasteiger partial charge in [0.05, 0.1) is 12.5 Å². The number of aromatic amines is 1. The van der Waals surface area contributed by atoms with Gasteiger partial charge in [-0.3, -0.25) is 4.79 Å². The van der Waals surface area contributed by atoms with Crippen LogP contribution in [-0.2, 0) is 4.74 Å². The number of methoxy groups -OCH3 is 1. The van der Waals surface area contributed by atoms with Crippen molar-refractivity contribution >= 4 is 16.7 Å². The van der Waals surface area contributed by atoms with E-state index in [0.717, 1.165) is 17.3 Å². The molecule has 2 aromatic rings. The second-order valence-corrected chi connectivity index (χ2v) is 5.01. The van der Waals surface area contributed by atoms with E-state index in [4.69, 9.17) is 9.47 Å². The van der Waals surface area contributed by atoms with Gasteiger partial charge in [0.2, 0.25) is 0 Å². The Kier molecular flexibility index (Phi) is 3.03. The van der Waals surface area contributed by atoms with E-state index in [1.165, 1.54) is 0 Å². The van der Waals surface area contributed by atoms with Gasteiger partial charge in [0, 0.05) is 23.9 Å². The molecule has 0 bridgehead atoms. The highest BCUT2D eigenvalue weighted by atomic mass is 16.5. The predicted molar refractivity (Wildman–Crippen MR) is 72.7 cm³/mol. The Hall–Kier alpha value is -1.81. The van der Waals surface area contributed by atoms with Gasteiger partial charge in [-0.25, -0.2) is 0 Å². The quantitative estimate of drug-likeness (QED) is 0.862. The van der Waals surface area contributed by atoms with Crippen molar-refractivity contribution in [3.63, 3.8) is 0 Å². The van der Waals surface area contributed by atoms with E-state index in [0.29, 0.717) is 17.9 Å². The number of nitrogens with one attached hydrogen (secondary N) is 1. The van der Waals surface area contributed by atoms with E-state index < -0.39 is 0 Å². The minimum atomic E-state index is -0.330. The number of hydrogen-bond acceptors (Lipinski definition) is 3. The van der Waals surface area contributed by atoms with Gasteiger partial charge in [0.25, 0.3) is 0 Å². The zero-order valence-corrected chi connectivity index (χ0v) is 11.1. The van der Waals surface area contributed by atoms with Crippen molar-refractivity contribution in [3.05, 3.63) is 30.0 Å². The lowest BCUT2D eigenvalue weighted by Gasteiger charge is -2.13. The fourth-order valence-corrected chi connectivity index (χ4v) is 2.70. The summed E-state index contributed by atoms with van der Waals surface area (Å²) in [6.45, 7) is 2.72. The average Bonchev–Trinajstić information content (AvgIpc) is 3.03. The summed E-state index contributed by atoms with van der Waals surface area (Å²) in [4.78, 5) is 15.7. The normalized spacial score (nSPS) is 22.8. The number of hydrogen-bond donors (Lipinski definition) is 1. The maximum Gasteiger partial charge on any atom is 0.194 e. The number of ether oxygens (including phenoxy) is 2. The molecule has 19 heavy (non-hydrogen) atoms. The first-order valence-electron chi connectivity index (χ1n) is 6.52. The topological polar surface area (TPSA) is 51.3 Å². The number of rotatable bonds is 3. The smallest absolute Gasteiger partial charge is 0.194 e. The molecule has 1 saturated heterocycles. The van der Waals surface area contributed by atoms with E-state index in [1.807, 2.05) is 18.2 Å². The summed E-state index contributed by atoms with van der Waals surface area (Å²) < 4.78 is 10.9. The van der Waals surface area contributed by atoms with Crippen molar-refractivity contribution in [2.24, 2.45) is 5.92 Å². The Morgan fingerprint density at radius 3 is 3.00 bits per heavy atom. The summed E-state index contributed by atoms with van der Waals surface area (Å²) in [7, 11) is 1.62. The Morgan fingerprint density at radius 2 is 2.32 bits per heavy atom. The van der Waals surface area contributed by atoms with Crippen molar-refractivity contribution in [1.82, 2.24) is 4.98 Å². The summed E-state index contributed by atoms with van der Waals surface area (Å²) in [6, 6.07) is 5.71. The largest absolute Gasteiger partial charge is 0.496 e.